The molecule has 0 spiro atoms. The molecule has 0 atom stereocenters. The first kappa shape index (κ1) is 13.7. The molecule has 0 aliphatic heterocycles. The Bertz CT molecular complexity index is 295. The second-order valence-electron chi connectivity index (χ2n) is 2.83. The number of carbonyl (C=O) groups is 1. The van der Waals surface area contributed by atoms with Gasteiger partial charge in [-0.15, -0.1) is 0 Å². The minimum Gasteiger partial charge on any atom is -1.00 e. The molecule has 0 aromatic carbocycles. The molecule has 0 saturated carbocycles. The largest absolute Gasteiger partial charge is 1.00 e. The van der Waals surface area contributed by atoms with E-state index in [2.05, 4.69) is 0 Å². The van der Waals surface area contributed by atoms with Gasteiger partial charge in [0, 0.05) is 19.2 Å². The lowest BCUT2D eigenvalue weighted by Crippen LogP contribution is -3.00. The lowest BCUT2D eigenvalue weighted by molar-refractivity contribution is -0.713. The van der Waals surface area contributed by atoms with Crippen molar-refractivity contribution < 1.29 is 26.5 Å². The first-order valence-corrected chi connectivity index (χ1v) is 4.21. The van der Waals surface area contributed by atoms with E-state index in [1.54, 1.807) is 0 Å². The van der Waals surface area contributed by atoms with Gasteiger partial charge in [-0.25, -0.2) is 9.69 Å². The summed E-state index contributed by atoms with van der Waals surface area (Å²) in [7, 11) is 1.52. The van der Waals surface area contributed by atoms with Gasteiger partial charge in [0.05, 0.1) is 0 Å². The third-order valence-corrected chi connectivity index (χ3v) is 1.71. The lowest BCUT2D eigenvalue weighted by atomic mass is 10.5. The molecule has 0 aliphatic rings. The van der Waals surface area contributed by atoms with Gasteiger partial charge in [0.25, 0.3) is 0 Å². The van der Waals surface area contributed by atoms with Crippen molar-refractivity contribution in [1.29, 1.82) is 0 Å². The highest BCUT2D eigenvalue weighted by molar-refractivity contribution is 5.71. The van der Waals surface area contributed by atoms with Gasteiger partial charge in [-0.2, -0.15) is 4.57 Å². The summed E-state index contributed by atoms with van der Waals surface area (Å²) in [4.78, 5) is 12.3. The lowest BCUT2D eigenvalue weighted by Gasteiger charge is -2.14. The number of urea groups is 1. The number of methoxy groups -OCH3 is 1. The van der Waals surface area contributed by atoms with E-state index in [1.807, 2.05) is 35.2 Å². The zero-order valence-corrected chi connectivity index (χ0v) is 9.22. The Morgan fingerprint density at radius 3 is 2.47 bits per heavy atom. The van der Waals surface area contributed by atoms with Crippen molar-refractivity contribution in [1.82, 2.24) is 4.90 Å². The number of primary amides is 1. The molecule has 15 heavy (non-hydrogen) atoms. The van der Waals surface area contributed by atoms with Crippen molar-refractivity contribution in [3.63, 3.8) is 0 Å². The predicted molar refractivity (Wildman–Crippen MR) is 49.9 cm³/mol. The summed E-state index contributed by atoms with van der Waals surface area (Å²) in [6.07, 6.45) is 3.71. The molecule has 0 unspecified atom stereocenters. The molecule has 1 aromatic rings. The molecule has 2 N–H and O–H groups in total. The summed E-state index contributed by atoms with van der Waals surface area (Å²) < 4.78 is 6.69. The minimum atomic E-state index is -0.497. The van der Waals surface area contributed by atoms with Crippen LogP contribution in [-0.4, -0.2) is 24.8 Å². The highest BCUT2D eigenvalue weighted by atomic mass is 35.5. The van der Waals surface area contributed by atoms with E-state index in [1.165, 1.54) is 12.0 Å². The molecule has 6 heteroatoms. The number of ether oxygens (including phenoxy) is 1. The Hall–Kier alpha value is -1.33. The Balaban J connectivity index is 0.00000196. The summed E-state index contributed by atoms with van der Waals surface area (Å²) in [5.41, 5.74) is 5.16. The number of halogens is 1. The van der Waals surface area contributed by atoms with E-state index in [0.717, 1.165) is 0 Å². The van der Waals surface area contributed by atoms with Gasteiger partial charge in [0.1, 0.15) is 6.73 Å². The van der Waals surface area contributed by atoms with Gasteiger partial charge in [-0.1, -0.05) is 6.07 Å². The van der Waals surface area contributed by atoms with E-state index >= 15 is 0 Å². The van der Waals surface area contributed by atoms with Crippen LogP contribution in [-0.2, 0) is 11.4 Å². The van der Waals surface area contributed by atoms with Gasteiger partial charge >= 0.3 is 6.03 Å². The van der Waals surface area contributed by atoms with E-state index < -0.39 is 6.03 Å². The standard InChI is InChI=1S/C9H13N3O2.ClH/c1-14-8-12(9(10)13)7-11-5-3-2-4-6-11;/h2-6H,7-8H2,1H3,(H-,10,13);1H. The van der Waals surface area contributed by atoms with Gasteiger partial charge in [-0.05, 0) is 0 Å². The van der Waals surface area contributed by atoms with Crippen LogP contribution in [0.25, 0.3) is 0 Å². The molecule has 1 heterocycles. The zero-order valence-electron chi connectivity index (χ0n) is 8.47. The Morgan fingerprint density at radius 1 is 1.40 bits per heavy atom. The number of nitrogens with zero attached hydrogens (tertiary/aromatic N) is 2. The van der Waals surface area contributed by atoms with Crippen molar-refractivity contribution in [3.05, 3.63) is 30.6 Å². The fourth-order valence-electron chi connectivity index (χ4n) is 1.06. The molecule has 0 radical (unpaired) electrons. The van der Waals surface area contributed by atoms with E-state index in [0.29, 0.717) is 6.67 Å². The van der Waals surface area contributed by atoms with Crippen LogP contribution < -0.4 is 22.7 Å². The summed E-state index contributed by atoms with van der Waals surface area (Å²) in [5.74, 6) is 0. The minimum absolute atomic E-state index is 0. The maximum absolute atomic E-state index is 10.9. The molecule has 0 fully saturated rings. The van der Waals surface area contributed by atoms with Crippen LogP contribution in [0.2, 0.25) is 0 Å². The average Bonchev–Trinajstić information content (AvgIpc) is 2.18. The van der Waals surface area contributed by atoms with Crippen molar-refractivity contribution in [3.8, 4) is 0 Å². The number of pyridine rings is 1. The quantitative estimate of drug-likeness (QED) is 0.442. The van der Waals surface area contributed by atoms with Crippen molar-refractivity contribution in [2.24, 2.45) is 5.73 Å². The normalized spacial score (nSPS) is 9.13. The van der Waals surface area contributed by atoms with Crippen molar-refractivity contribution in [2.75, 3.05) is 13.8 Å². The number of nitrogens with two attached hydrogens (primary N) is 1. The molecule has 0 bridgehead atoms. The third-order valence-electron chi connectivity index (χ3n) is 1.71. The average molecular weight is 232 g/mol. The highest BCUT2D eigenvalue weighted by Crippen LogP contribution is 1.87. The first-order valence-electron chi connectivity index (χ1n) is 4.21. The highest BCUT2D eigenvalue weighted by Gasteiger charge is 2.12. The second kappa shape index (κ2) is 7.03. The number of amides is 2. The number of aromatic nitrogens is 1. The van der Waals surface area contributed by atoms with Crippen LogP contribution in [0.15, 0.2) is 30.6 Å². The van der Waals surface area contributed by atoms with Gasteiger partial charge in [0.2, 0.25) is 6.67 Å². The van der Waals surface area contributed by atoms with Crippen LogP contribution in [0.5, 0.6) is 0 Å². The molecule has 84 valence electrons. The summed E-state index contributed by atoms with van der Waals surface area (Å²) >= 11 is 0. The summed E-state index contributed by atoms with van der Waals surface area (Å²) in [6.45, 7) is 0.585. The predicted octanol–water partition coefficient (Wildman–Crippen LogP) is -3.08. The van der Waals surface area contributed by atoms with E-state index in [4.69, 9.17) is 10.5 Å². The maximum Gasteiger partial charge on any atom is 0.321 e. The van der Waals surface area contributed by atoms with E-state index in [-0.39, 0.29) is 19.1 Å². The zero-order chi connectivity index (χ0) is 10.4. The SMILES string of the molecule is COCN(C[n+]1ccccc1)C(N)=O.[Cl-]. The Kier molecular flexibility index (Phi) is 6.40. The molecule has 1 aromatic heterocycles. The summed E-state index contributed by atoms with van der Waals surface area (Å²) in [6, 6.07) is 5.17. The molecule has 1 rings (SSSR count). The first-order chi connectivity index (χ1) is 6.74. The fraction of sp³-hybridized carbons (Fsp3) is 0.333. The third kappa shape index (κ3) is 4.62. The second-order valence-corrected chi connectivity index (χ2v) is 2.83. The van der Waals surface area contributed by atoms with Crippen LogP contribution >= 0.6 is 0 Å². The molecular weight excluding hydrogens is 218 g/mol. The molecule has 0 saturated heterocycles. The molecule has 0 aliphatic carbocycles. The maximum atomic E-state index is 10.9. The van der Waals surface area contributed by atoms with Gasteiger partial charge in [0.15, 0.2) is 12.4 Å². The smallest absolute Gasteiger partial charge is 0.321 e. The van der Waals surface area contributed by atoms with Crippen LogP contribution in [0.1, 0.15) is 0 Å². The van der Waals surface area contributed by atoms with Gasteiger partial charge < -0.3 is 22.9 Å². The van der Waals surface area contributed by atoms with Crippen molar-refractivity contribution >= 4 is 6.03 Å². The number of hydrogen-bond donors (Lipinski definition) is 1. The Labute approximate surface area is 94.8 Å². The van der Waals surface area contributed by atoms with E-state index in [9.17, 15) is 4.79 Å². The topological polar surface area (TPSA) is 59.4 Å². The number of hydrogen-bond acceptors (Lipinski definition) is 2. The molecular formula is C9H14ClN3O2. The van der Waals surface area contributed by atoms with Crippen LogP contribution in [0.4, 0.5) is 4.79 Å². The number of carbonyl (C=O) groups excluding carboxylic acids is 1. The van der Waals surface area contributed by atoms with Crippen LogP contribution in [0, 0.1) is 0 Å². The van der Waals surface area contributed by atoms with Crippen LogP contribution in [0.3, 0.4) is 0 Å². The monoisotopic (exact) mass is 231 g/mol. The molecule has 2 amide bonds. The summed E-state index contributed by atoms with van der Waals surface area (Å²) in [5, 5.41) is 0. The number of rotatable bonds is 4. The molecule has 5 nitrogen and oxygen atoms in total. The fourth-order valence-corrected chi connectivity index (χ4v) is 1.06. The Morgan fingerprint density at radius 2 is 2.00 bits per heavy atom. The van der Waals surface area contributed by atoms with Crippen molar-refractivity contribution in [2.45, 2.75) is 6.67 Å². The van der Waals surface area contributed by atoms with Gasteiger partial charge in [-0.3, -0.25) is 0 Å².